The monoisotopic (exact) mass is 321 g/mol. The Morgan fingerprint density at radius 1 is 0.955 bits per heavy atom. The van der Waals surface area contributed by atoms with Gasteiger partial charge in [0.1, 0.15) is 11.6 Å². The molecule has 0 saturated heterocycles. The van der Waals surface area contributed by atoms with E-state index in [9.17, 15) is 13.6 Å². The maximum atomic E-state index is 13.4. The maximum Gasteiger partial charge on any atom is 0.242 e. The number of nitrogens with one attached hydrogen (secondary N) is 3. The van der Waals surface area contributed by atoms with Crippen molar-refractivity contribution < 1.29 is 13.6 Å². The molecule has 0 aliphatic rings. The van der Waals surface area contributed by atoms with Crippen LogP contribution in [0.1, 0.15) is 5.56 Å². The van der Waals surface area contributed by atoms with E-state index in [1.807, 2.05) is 0 Å². The number of carbonyl (C=O) groups excluding carboxylic acids is 1. The summed E-state index contributed by atoms with van der Waals surface area (Å²) < 4.78 is 26.8. The Balaban J connectivity index is 1.82. The standard InChI is InChI=1S/C15H13F2N3OS/c16-11-6-2-1-5-10(11)9-14(21)19-20-15(22)18-13-8-4-3-7-12(13)17/h1-8H,9H2,(H,19,21)(H2,18,20,22). The van der Waals surface area contributed by atoms with Crippen LogP contribution in [0, 0.1) is 11.6 Å². The second-order valence-corrected chi connectivity index (χ2v) is 4.78. The van der Waals surface area contributed by atoms with E-state index in [2.05, 4.69) is 16.2 Å². The number of hydrogen-bond acceptors (Lipinski definition) is 2. The number of benzene rings is 2. The van der Waals surface area contributed by atoms with Crippen LogP contribution in [-0.4, -0.2) is 11.0 Å². The number of carbonyl (C=O) groups is 1. The molecule has 0 spiro atoms. The minimum absolute atomic E-state index is 0.0204. The lowest BCUT2D eigenvalue weighted by atomic mass is 10.1. The molecule has 0 saturated carbocycles. The van der Waals surface area contributed by atoms with Gasteiger partial charge >= 0.3 is 0 Å². The number of para-hydroxylation sites is 1. The van der Waals surface area contributed by atoms with Gasteiger partial charge in [0, 0.05) is 0 Å². The van der Waals surface area contributed by atoms with Crippen molar-refractivity contribution >= 4 is 28.9 Å². The highest BCUT2D eigenvalue weighted by Gasteiger charge is 2.08. The average molecular weight is 321 g/mol. The van der Waals surface area contributed by atoms with E-state index >= 15 is 0 Å². The molecule has 0 fully saturated rings. The average Bonchev–Trinajstić information content (AvgIpc) is 2.50. The van der Waals surface area contributed by atoms with E-state index in [0.717, 1.165) is 0 Å². The zero-order valence-electron chi connectivity index (χ0n) is 11.4. The van der Waals surface area contributed by atoms with Gasteiger partial charge in [0.2, 0.25) is 5.91 Å². The first-order valence-electron chi connectivity index (χ1n) is 6.40. The van der Waals surface area contributed by atoms with Gasteiger partial charge in [-0.25, -0.2) is 8.78 Å². The predicted octanol–water partition coefficient (Wildman–Crippen LogP) is 2.53. The lowest BCUT2D eigenvalue weighted by molar-refractivity contribution is -0.121. The van der Waals surface area contributed by atoms with Crippen LogP contribution >= 0.6 is 12.2 Å². The molecule has 0 heterocycles. The topological polar surface area (TPSA) is 53.2 Å². The molecule has 2 aromatic rings. The summed E-state index contributed by atoms with van der Waals surface area (Å²) >= 11 is 4.93. The second kappa shape index (κ2) is 7.46. The third-order valence-corrected chi connectivity index (χ3v) is 2.95. The number of hydrogen-bond donors (Lipinski definition) is 3. The molecule has 2 rings (SSSR count). The summed E-state index contributed by atoms with van der Waals surface area (Å²) in [5, 5.41) is 2.62. The van der Waals surface area contributed by atoms with Crippen molar-refractivity contribution in [1.29, 1.82) is 0 Å². The molecule has 1 amide bonds. The SMILES string of the molecule is O=C(Cc1ccccc1F)NNC(=S)Nc1ccccc1F. The highest BCUT2D eigenvalue weighted by atomic mass is 32.1. The lowest BCUT2D eigenvalue weighted by Crippen LogP contribution is -2.44. The van der Waals surface area contributed by atoms with Gasteiger partial charge in [-0.3, -0.25) is 15.6 Å². The van der Waals surface area contributed by atoms with Crippen LogP contribution in [0.15, 0.2) is 48.5 Å². The molecular weight excluding hydrogens is 308 g/mol. The van der Waals surface area contributed by atoms with E-state index in [0.29, 0.717) is 0 Å². The Morgan fingerprint density at radius 3 is 2.27 bits per heavy atom. The molecule has 0 bridgehead atoms. The van der Waals surface area contributed by atoms with Crippen molar-refractivity contribution in [2.45, 2.75) is 6.42 Å². The summed E-state index contributed by atoms with van der Waals surface area (Å²) in [7, 11) is 0. The highest BCUT2D eigenvalue weighted by molar-refractivity contribution is 7.80. The zero-order chi connectivity index (χ0) is 15.9. The van der Waals surface area contributed by atoms with Gasteiger partial charge < -0.3 is 5.32 Å². The van der Waals surface area contributed by atoms with Crippen LogP contribution in [0.3, 0.4) is 0 Å². The molecule has 0 radical (unpaired) electrons. The third kappa shape index (κ3) is 4.49. The van der Waals surface area contributed by atoms with E-state index < -0.39 is 17.5 Å². The summed E-state index contributed by atoms with van der Waals surface area (Å²) in [5.41, 5.74) is 5.20. The fourth-order valence-electron chi connectivity index (χ4n) is 1.70. The van der Waals surface area contributed by atoms with Crippen molar-refractivity contribution in [3.8, 4) is 0 Å². The highest BCUT2D eigenvalue weighted by Crippen LogP contribution is 2.11. The van der Waals surface area contributed by atoms with Gasteiger partial charge in [-0.1, -0.05) is 30.3 Å². The molecular formula is C15H13F2N3OS. The largest absolute Gasteiger partial charge is 0.329 e. The van der Waals surface area contributed by atoms with Crippen molar-refractivity contribution in [2.75, 3.05) is 5.32 Å². The van der Waals surface area contributed by atoms with E-state index in [-0.39, 0.29) is 22.8 Å². The number of thiocarbonyl (C=S) groups is 1. The Kier molecular flexibility index (Phi) is 5.37. The van der Waals surface area contributed by atoms with Gasteiger partial charge in [0.05, 0.1) is 12.1 Å². The molecule has 0 atom stereocenters. The first kappa shape index (κ1) is 15.8. The molecule has 0 aromatic heterocycles. The van der Waals surface area contributed by atoms with E-state index in [4.69, 9.17) is 12.2 Å². The number of anilines is 1. The molecule has 0 unspecified atom stereocenters. The molecule has 22 heavy (non-hydrogen) atoms. The van der Waals surface area contributed by atoms with Crippen LogP contribution in [0.2, 0.25) is 0 Å². The zero-order valence-corrected chi connectivity index (χ0v) is 12.2. The Bertz CT molecular complexity index is 634. The fraction of sp³-hybridized carbons (Fsp3) is 0.0667. The van der Waals surface area contributed by atoms with Crippen LogP contribution in [0.5, 0.6) is 0 Å². The minimum Gasteiger partial charge on any atom is -0.329 e. The summed E-state index contributed by atoms with van der Waals surface area (Å²) in [4.78, 5) is 11.7. The molecule has 114 valence electrons. The maximum absolute atomic E-state index is 13.4. The Morgan fingerprint density at radius 2 is 1.59 bits per heavy atom. The summed E-state index contributed by atoms with van der Waals surface area (Å²) in [6.07, 6.45) is -0.137. The molecule has 7 heteroatoms. The Hall–Kier alpha value is -2.54. The summed E-state index contributed by atoms with van der Waals surface area (Å²) in [5.74, 6) is -1.39. The van der Waals surface area contributed by atoms with Gasteiger partial charge in [-0.2, -0.15) is 0 Å². The van der Waals surface area contributed by atoms with Crippen molar-refractivity contribution in [3.05, 3.63) is 65.7 Å². The number of hydrazine groups is 1. The molecule has 0 aliphatic carbocycles. The minimum atomic E-state index is -0.470. The fourth-order valence-corrected chi connectivity index (χ4v) is 1.86. The Labute approximate surface area is 131 Å². The van der Waals surface area contributed by atoms with Crippen LogP contribution < -0.4 is 16.2 Å². The van der Waals surface area contributed by atoms with Gasteiger partial charge in [0.15, 0.2) is 5.11 Å². The van der Waals surface area contributed by atoms with Gasteiger partial charge in [-0.15, -0.1) is 0 Å². The van der Waals surface area contributed by atoms with Crippen molar-refractivity contribution in [2.24, 2.45) is 0 Å². The van der Waals surface area contributed by atoms with E-state index in [1.54, 1.807) is 24.3 Å². The number of rotatable bonds is 3. The second-order valence-electron chi connectivity index (χ2n) is 4.38. The number of amides is 1. The normalized spacial score (nSPS) is 9.91. The van der Waals surface area contributed by atoms with Crippen molar-refractivity contribution in [3.63, 3.8) is 0 Å². The van der Waals surface area contributed by atoms with Crippen LogP contribution in [0.25, 0.3) is 0 Å². The molecule has 4 nitrogen and oxygen atoms in total. The van der Waals surface area contributed by atoms with Crippen LogP contribution in [0.4, 0.5) is 14.5 Å². The summed E-state index contributed by atoms with van der Waals surface area (Å²) in [6, 6.07) is 12.0. The van der Waals surface area contributed by atoms with Gasteiger partial charge in [0.25, 0.3) is 0 Å². The van der Waals surface area contributed by atoms with Gasteiger partial charge in [-0.05, 0) is 36.0 Å². The van der Waals surface area contributed by atoms with Crippen LogP contribution in [-0.2, 0) is 11.2 Å². The molecule has 2 aromatic carbocycles. The first-order valence-corrected chi connectivity index (χ1v) is 6.81. The number of halogens is 2. The predicted molar refractivity (Wildman–Crippen MR) is 84.0 cm³/mol. The molecule has 3 N–H and O–H groups in total. The molecule has 0 aliphatic heterocycles. The lowest BCUT2D eigenvalue weighted by Gasteiger charge is -2.12. The quantitative estimate of drug-likeness (QED) is 0.601. The third-order valence-electron chi connectivity index (χ3n) is 2.75. The van der Waals surface area contributed by atoms with Crippen molar-refractivity contribution in [1.82, 2.24) is 10.9 Å². The van der Waals surface area contributed by atoms with E-state index in [1.165, 1.54) is 24.3 Å². The smallest absolute Gasteiger partial charge is 0.242 e. The first-order chi connectivity index (χ1) is 10.6. The summed E-state index contributed by atoms with van der Waals surface area (Å²) in [6.45, 7) is 0.